The molecule has 0 radical (unpaired) electrons. The van der Waals surface area contributed by atoms with Crippen LogP contribution in [0.15, 0.2) is 6.08 Å². The van der Waals surface area contributed by atoms with Crippen LogP contribution in [0, 0.1) is 6.08 Å². The van der Waals surface area contributed by atoms with Crippen LogP contribution in [-0.4, -0.2) is 0 Å². The third kappa shape index (κ3) is 4.72. The van der Waals surface area contributed by atoms with E-state index in [1.165, 1.54) is 38.5 Å². The van der Waals surface area contributed by atoms with Crippen molar-refractivity contribution in [3.05, 3.63) is 12.2 Å². The topological polar surface area (TPSA) is 0 Å². The molecule has 1 rings (SSSR count). The van der Waals surface area contributed by atoms with E-state index in [0.29, 0.717) is 0 Å². The standard InChI is InChI=1S/C8H13.Ni/c1-2-4-6-8-7-5-3-1;/h1H,2,4-8H2;/q-1;. The van der Waals surface area contributed by atoms with Gasteiger partial charge < -0.3 is 6.08 Å². The van der Waals surface area contributed by atoms with E-state index in [0.717, 1.165) is 0 Å². The van der Waals surface area contributed by atoms with Crippen LogP contribution in [0.2, 0.25) is 0 Å². The summed E-state index contributed by atoms with van der Waals surface area (Å²) >= 11 is 0. The second-order valence-corrected chi connectivity index (χ2v) is 2.36. The minimum absolute atomic E-state index is 0. The van der Waals surface area contributed by atoms with E-state index >= 15 is 0 Å². The van der Waals surface area contributed by atoms with Gasteiger partial charge >= 0.3 is 0 Å². The summed E-state index contributed by atoms with van der Waals surface area (Å²) in [5.74, 6) is 0. The Morgan fingerprint density at radius 2 is 1.78 bits per heavy atom. The molecular formula is C8H13Ni-. The van der Waals surface area contributed by atoms with Gasteiger partial charge in [-0.25, -0.2) is 0 Å². The van der Waals surface area contributed by atoms with E-state index in [1.54, 1.807) is 0 Å². The Hall–Kier alpha value is 0.234. The van der Waals surface area contributed by atoms with Crippen LogP contribution < -0.4 is 0 Å². The van der Waals surface area contributed by atoms with Crippen LogP contribution in [-0.2, 0) is 16.5 Å². The van der Waals surface area contributed by atoms with Gasteiger partial charge in [-0.3, -0.25) is 6.08 Å². The summed E-state index contributed by atoms with van der Waals surface area (Å²) in [6.07, 6.45) is 13.5. The molecule has 0 aliphatic heterocycles. The van der Waals surface area contributed by atoms with Crippen molar-refractivity contribution < 1.29 is 16.5 Å². The molecule has 0 aromatic rings. The Morgan fingerprint density at radius 1 is 1.00 bits per heavy atom. The van der Waals surface area contributed by atoms with Gasteiger partial charge in [-0.05, 0) is 0 Å². The van der Waals surface area contributed by atoms with Crippen molar-refractivity contribution in [1.82, 2.24) is 0 Å². The molecule has 0 saturated heterocycles. The molecule has 9 heavy (non-hydrogen) atoms. The van der Waals surface area contributed by atoms with Crippen molar-refractivity contribution in [2.24, 2.45) is 0 Å². The monoisotopic (exact) mass is 167 g/mol. The van der Waals surface area contributed by atoms with Gasteiger partial charge in [0.25, 0.3) is 0 Å². The van der Waals surface area contributed by atoms with Crippen molar-refractivity contribution in [2.75, 3.05) is 0 Å². The Morgan fingerprint density at radius 3 is 2.67 bits per heavy atom. The number of hydrogen-bond acceptors (Lipinski definition) is 0. The quantitative estimate of drug-likeness (QED) is 0.385. The first-order valence-corrected chi connectivity index (χ1v) is 3.55. The molecule has 0 amide bonds. The van der Waals surface area contributed by atoms with Gasteiger partial charge in [-0.2, -0.15) is 6.42 Å². The average molecular weight is 168 g/mol. The molecule has 0 heterocycles. The first-order valence-electron chi connectivity index (χ1n) is 3.55. The molecule has 0 nitrogen and oxygen atoms in total. The van der Waals surface area contributed by atoms with Crippen molar-refractivity contribution in [3.8, 4) is 0 Å². The molecule has 0 atom stereocenters. The van der Waals surface area contributed by atoms with E-state index < -0.39 is 0 Å². The zero-order valence-corrected chi connectivity index (χ0v) is 6.62. The third-order valence-electron chi connectivity index (χ3n) is 1.56. The van der Waals surface area contributed by atoms with Crippen LogP contribution in [0.1, 0.15) is 38.5 Å². The molecule has 0 saturated carbocycles. The Balaban J connectivity index is 0.000000640. The second-order valence-electron chi connectivity index (χ2n) is 2.36. The molecule has 0 fully saturated rings. The second kappa shape index (κ2) is 6.35. The van der Waals surface area contributed by atoms with Crippen LogP contribution >= 0.6 is 0 Å². The molecule has 0 N–H and O–H groups in total. The van der Waals surface area contributed by atoms with Crippen LogP contribution in [0.25, 0.3) is 0 Å². The zero-order valence-electron chi connectivity index (χ0n) is 5.64. The Kier molecular flexibility index (Phi) is 6.52. The van der Waals surface area contributed by atoms with Crippen molar-refractivity contribution in [2.45, 2.75) is 38.5 Å². The molecule has 1 aliphatic rings. The van der Waals surface area contributed by atoms with E-state index in [2.05, 4.69) is 12.2 Å². The summed E-state index contributed by atoms with van der Waals surface area (Å²) < 4.78 is 0. The molecule has 0 spiro atoms. The molecule has 0 aromatic heterocycles. The first kappa shape index (κ1) is 9.23. The summed E-state index contributed by atoms with van der Waals surface area (Å²) in [4.78, 5) is 0. The number of allylic oxidation sites excluding steroid dienone is 2. The average Bonchev–Trinajstić information content (AvgIpc) is 1.62. The minimum atomic E-state index is 0. The van der Waals surface area contributed by atoms with Gasteiger partial charge in [-0.1, -0.05) is 32.1 Å². The molecule has 0 aromatic carbocycles. The van der Waals surface area contributed by atoms with E-state index in [1.807, 2.05) is 0 Å². The fourth-order valence-electron chi connectivity index (χ4n) is 1.03. The molecule has 1 heteroatoms. The van der Waals surface area contributed by atoms with Crippen molar-refractivity contribution >= 4 is 0 Å². The molecule has 56 valence electrons. The molecule has 0 bridgehead atoms. The number of rotatable bonds is 0. The normalized spacial score (nSPS) is 19.6. The van der Waals surface area contributed by atoms with Gasteiger partial charge in [-0.15, -0.1) is 0 Å². The zero-order chi connectivity index (χ0) is 5.66. The van der Waals surface area contributed by atoms with E-state index in [4.69, 9.17) is 0 Å². The van der Waals surface area contributed by atoms with Crippen molar-refractivity contribution in [1.29, 1.82) is 0 Å². The van der Waals surface area contributed by atoms with Gasteiger partial charge in [0.15, 0.2) is 0 Å². The van der Waals surface area contributed by atoms with Gasteiger partial charge in [0.05, 0.1) is 0 Å². The van der Waals surface area contributed by atoms with Gasteiger partial charge in [0.1, 0.15) is 0 Å². The Bertz CT molecular complexity index is 66.6. The maximum Gasteiger partial charge on any atom is 0 e. The maximum absolute atomic E-state index is 3.26. The van der Waals surface area contributed by atoms with Crippen LogP contribution in [0.4, 0.5) is 0 Å². The van der Waals surface area contributed by atoms with E-state index in [-0.39, 0.29) is 16.5 Å². The SMILES string of the molecule is [C-]1=CCCCCCC1.[Ni]. The largest absolute Gasteiger partial charge is 0.501 e. The first-order chi connectivity index (χ1) is 4.00. The van der Waals surface area contributed by atoms with Gasteiger partial charge in [0, 0.05) is 16.5 Å². The number of hydrogen-bond donors (Lipinski definition) is 0. The van der Waals surface area contributed by atoms with E-state index in [9.17, 15) is 0 Å². The van der Waals surface area contributed by atoms with Crippen molar-refractivity contribution in [3.63, 3.8) is 0 Å². The summed E-state index contributed by atoms with van der Waals surface area (Å²) in [7, 11) is 0. The summed E-state index contributed by atoms with van der Waals surface area (Å²) in [6.45, 7) is 0. The predicted molar refractivity (Wildman–Crippen MR) is 35.5 cm³/mol. The van der Waals surface area contributed by atoms with Gasteiger partial charge in [0.2, 0.25) is 0 Å². The predicted octanol–water partition coefficient (Wildman–Crippen LogP) is 2.70. The molecule has 0 unspecified atom stereocenters. The maximum atomic E-state index is 3.26. The van der Waals surface area contributed by atoms with Crippen LogP contribution in [0.3, 0.4) is 0 Å². The molecule has 1 aliphatic carbocycles. The summed E-state index contributed by atoms with van der Waals surface area (Å²) in [5, 5.41) is 0. The smallest absolute Gasteiger partial charge is 0 e. The van der Waals surface area contributed by atoms with Crippen LogP contribution in [0.5, 0.6) is 0 Å². The fourth-order valence-corrected chi connectivity index (χ4v) is 1.03. The fraction of sp³-hybridized carbons (Fsp3) is 0.750. The third-order valence-corrected chi connectivity index (χ3v) is 1.56. The summed E-state index contributed by atoms with van der Waals surface area (Å²) in [5.41, 5.74) is 0. The minimum Gasteiger partial charge on any atom is -0.501 e. The summed E-state index contributed by atoms with van der Waals surface area (Å²) in [6, 6.07) is 0. The molecular weight excluding hydrogens is 155 g/mol. The Labute approximate surface area is 67.6 Å².